The highest BCUT2D eigenvalue weighted by atomic mass is 35.5. The summed E-state index contributed by atoms with van der Waals surface area (Å²) in [5.41, 5.74) is 1.81. The van der Waals surface area contributed by atoms with Crippen molar-refractivity contribution >= 4 is 17.9 Å². The molecule has 0 aliphatic carbocycles. The van der Waals surface area contributed by atoms with Gasteiger partial charge in [-0.2, -0.15) is 0 Å². The normalized spacial score (nSPS) is 10.2. The van der Waals surface area contributed by atoms with Gasteiger partial charge in [0.05, 0.1) is 17.7 Å². The lowest BCUT2D eigenvalue weighted by Crippen LogP contribution is -1.91. The monoisotopic (exact) mass is 264 g/mol. The number of ether oxygens (including phenoxy) is 1. The third-order valence-corrected chi connectivity index (χ3v) is 2.92. The quantitative estimate of drug-likeness (QED) is 0.784. The first-order valence-corrected chi connectivity index (χ1v) is 5.62. The maximum Gasteiger partial charge on any atom is 0.153 e. The fourth-order valence-electron chi connectivity index (χ4n) is 1.68. The van der Waals surface area contributed by atoms with Crippen LogP contribution < -0.4 is 4.74 Å². The molecule has 2 rings (SSSR count). The lowest BCUT2D eigenvalue weighted by atomic mass is 10.0. The van der Waals surface area contributed by atoms with Crippen molar-refractivity contribution in [1.82, 2.24) is 0 Å². The molecule has 18 heavy (non-hydrogen) atoms. The zero-order valence-corrected chi connectivity index (χ0v) is 10.4. The Morgan fingerprint density at radius 2 is 1.83 bits per heavy atom. The summed E-state index contributed by atoms with van der Waals surface area (Å²) in [6.07, 6.45) is 0.703. The lowest BCUT2D eigenvalue weighted by Gasteiger charge is -2.07. The molecule has 0 amide bonds. The SMILES string of the molecule is COc1ccc(-c2ccc(Cl)c(F)c2)cc1C=O. The Morgan fingerprint density at radius 3 is 2.44 bits per heavy atom. The van der Waals surface area contributed by atoms with E-state index in [4.69, 9.17) is 16.3 Å². The van der Waals surface area contributed by atoms with E-state index in [1.54, 1.807) is 24.3 Å². The predicted molar refractivity (Wildman–Crippen MR) is 68.8 cm³/mol. The third-order valence-electron chi connectivity index (χ3n) is 2.61. The van der Waals surface area contributed by atoms with E-state index in [0.717, 1.165) is 5.56 Å². The van der Waals surface area contributed by atoms with E-state index in [0.29, 0.717) is 23.2 Å². The summed E-state index contributed by atoms with van der Waals surface area (Å²) in [7, 11) is 1.49. The van der Waals surface area contributed by atoms with E-state index < -0.39 is 5.82 Å². The van der Waals surface area contributed by atoms with Gasteiger partial charge in [0.1, 0.15) is 11.6 Å². The maximum atomic E-state index is 13.4. The van der Waals surface area contributed by atoms with E-state index >= 15 is 0 Å². The van der Waals surface area contributed by atoms with Gasteiger partial charge in [0.15, 0.2) is 6.29 Å². The third kappa shape index (κ3) is 2.36. The molecular weight excluding hydrogens is 255 g/mol. The minimum absolute atomic E-state index is 0.0721. The number of halogens is 2. The highest BCUT2D eigenvalue weighted by Crippen LogP contribution is 2.28. The van der Waals surface area contributed by atoms with E-state index in [9.17, 15) is 9.18 Å². The van der Waals surface area contributed by atoms with Gasteiger partial charge < -0.3 is 4.74 Å². The molecule has 0 atom stereocenters. The van der Waals surface area contributed by atoms with Crippen LogP contribution in [0.25, 0.3) is 11.1 Å². The van der Waals surface area contributed by atoms with Crippen molar-refractivity contribution in [1.29, 1.82) is 0 Å². The molecule has 0 saturated heterocycles. The second kappa shape index (κ2) is 5.19. The molecule has 2 nitrogen and oxygen atoms in total. The molecule has 92 valence electrons. The Labute approximate surface area is 109 Å². The first kappa shape index (κ1) is 12.6. The summed E-state index contributed by atoms with van der Waals surface area (Å²) >= 11 is 5.62. The number of hydrogen-bond donors (Lipinski definition) is 0. The number of carbonyl (C=O) groups is 1. The standard InChI is InChI=1S/C14H10ClFO2/c1-18-14-5-3-9(6-11(14)8-17)10-2-4-12(15)13(16)7-10/h2-8H,1H3. The van der Waals surface area contributed by atoms with E-state index in [1.807, 2.05) is 0 Å². The van der Waals surface area contributed by atoms with Gasteiger partial charge in [0.25, 0.3) is 0 Å². The van der Waals surface area contributed by atoms with Crippen LogP contribution in [0, 0.1) is 5.82 Å². The fraction of sp³-hybridized carbons (Fsp3) is 0.0714. The van der Waals surface area contributed by atoms with Crippen LogP contribution in [-0.2, 0) is 0 Å². The van der Waals surface area contributed by atoms with E-state index in [2.05, 4.69) is 0 Å². The molecule has 0 spiro atoms. The molecule has 0 fully saturated rings. The first-order chi connectivity index (χ1) is 8.65. The van der Waals surface area contributed by atoms with Crippen molar-refractivity contribution in [3.05, 3.63) is 52.8 Å². The van der Waals surface area contributed by atoms with E-state index in [1.165, 1.54) is 19.2 Å². The maximum absolute atomic E-state index is 13.4. The number of benzene rings is 2. The molecular formula is C14H10ClFO2. The Bertz CT molecular complexity index is 596. The van der Waals surface area contributed by atoms with Crippen molar-refractivity contribution in [2.45, 2.75) is 0 Å². The minimum atomic E-state index is -0.488. The average Bonchev–Trinajstić information content (AvgIpc) is 2.41. The Hall–Kier alpha value is -1.87. The van der Waals surface area contributed by atoms with Gasteiger partial charge in [-0.3, -0.25) is 4.79 Å². The number of hydrogen-bond acceptors (Lipinski definition) is 2. The van der Waals surface area contributed by atoms with Gasteiger partial charge in [0, 0.05) is 0 Å². The van der Waals surface area contributed by atoms with Crippen LogP contribution in [0.1, 0.15) is 10.4 Å². The number of methoxy groups -OCH3 is 1. The molecule has 2 aromatic rings. The molecule has 0 aromatic heterocycles. The van der Waals surface area contributed by atoms with E-state index in [-0.39, 0.29) is 5.02 Å². The fourth-order valence-corrected chi connectivity index (χ4v) is 1.80. The van der Waals surface area contributed by atoms with Gasteiger partial charge >= 0.3 is 0 Å². The second-order valence-electron chi connectivity index (χ2n) is 3.70. The summed E-state index contributed by atoms with van der Waals surface area (Å²) in [6.45, 7) is 0. The second-order valence-corrected chi connectivity index (χ2v) is 4.11. The van der Waals surface area contributed by atoms with Crippen LogP contribution in [0.15, 0.2) is 36.4 Å². The smallest absolute Gasteiger partial charge is 0.153 e. The summed E-state index contributed by atoms with van der Waals surface area (Å²) in [5.74, 6) is 0.000762. The largest absolute Gasteiger partial charge is 0.496 e. The summed E-state index contributed by atoms with van der Waals surface area (Å²) in [5, 5.41) is 0.0721. The molecule has 0 aliphatic rings. The molecule has 0 radical (unpaired) electrons. The average molecular weight is 265 g/mol. The number of carbonyl (C=O) groups excluding carboxylic acids is 1. The topological polar surface area (TPSA) is 26.3 Å². The van der Waals surface area contributed by atoms with Crippen LogP contribution in [0.3, 0.4) is 0 Å². The molecule has 4 heteroatoms. The highest BCUT2D eigenvalue weighted by Gasteiger charge is 2.07. The van der Waals surface area contributed by atoms with Gasteiger partial charge in [-0.15, -0.1) is 0 Å². The van der Waals surface area contributed by atoms with Gasteiger partial charge in [0.2, 0.25) is 0 Å². The van der Waals surface area contributed by atoms with Crippen molar-refractivity contribution in [3.63, 3.8) is 0 Å². The summed E-state index contributed by atoms with van der Waals surface area (Å²) in [4.78, 5) is 10.9. The first-order valence-electron chi connectivity index (χ1n) is 5.24. The Kier molecular flexibility index (Phi) is 3.63. The molecule has 0 heterocycles. The molecule has 0 aliphatic heterocycles. The van der Waals surface area contributed by atoms with Crippen molar-refractivity contribution in [2.24, 2.45) is 0 Å². The van der Waals surface area contributed by atoms with Gasteiger partial charge in [-0.05, 0) is 35.4 Å². The molecule has 2 aromatic carbocycles. The van der Waals surface area contributed by atoms with Crippen molar-refractivity contribution in [2.75, 3.05) is 7.11 Å². The van der Waals surface area contributed by atoms with Crippen molar-refractivity contribution < 1.29 is 13.9 Å². The minimum Gasteiger partial charge on any atom is -0.496 e. The summed E-state index contributed by atoms with van der Waals surface area (Å²) in [6, 6.07) is 9.59. The lowest BCUT2D eigenvalue weighted by molar-refractivity contribution is 0.112. The van der Waals surface area contributed by atoms with Crippen molar-refractivity contribution in [3.8, 4) is 16.9 Å². The zero-order valence-electron chi connectivity index (χ0n) is 9.61. The van der Waals surface area contributed by atoms with Gasteiger partial charge in [-0.25, -0.2) is 4.39 Å². The predicted octanol–water partition coefficient (Wildman–Crippen LogP) is 3.97. The summed E-state index contributed by atoms with van der Waals surface area (Å²) < 4.78 is 18.4. The number of aldehydes is 1. The molecule has 0 N–H and O–H groups in total. The molecule has 0 bridgehead atoms. The Morgan fingerprint density at radius 1 is 1.17 bits per heavy atom. The number of rotatable bonds is 3. The van der Waals surface area contributed by atoms with Crippen LogP contribution >= 0.6 is 11.6 Å². The van der Waals surface area contributed by atoms with Crippen LogP contribution in [0.5, 0.6) is 5.75 Å². The molecule has 0 unspecified atom stereocenters. The Balaban J connectivity index is 2.50. The highest BCUT2D eigenvalue weighted by molar-refractivity contribution is 6.30. The van der Waals surface area contributed by atoms with Crippen LogP contribution in [-0.4, -0.2) is 13.4 Å². The van der Waals surface area contributed by atoms with Crippen LogP contribution in [0.2, 0.25) is 5.02 Å². The van der Waals surface area contributed by atoms with Gasteiger partial charge in [-0.1, -0.05) is 23.7 Å². The van der Waals surface area contributed by atoms with Crippen LogP contribution in [0.4, 0.5) is 4.39 Å². The molecule has 0 saturated carbocycles. The zero-order chi connectivity index (χ0) is 13.1.